The third kappa shape index (κ3) is 3.73. The summed E-state index contributed by atoms with van der Waals surface area (Å²) in [5, 5.41) is 3.67. The average molecular weight is 410 g/mol. The monoisotopic (exact) mass is 409 g/mol. The molecule has 0 aliphatic carbocycles. The first-order valence-corrected chi connectivity index (χ1v) is 10.4. The van der Waals surface area contributed by atoms with E-state index in [1.807, 2.05) is 0 Å². The van der Waals surface area contributed by atoms with Crippen molar-refractivity contribution in [1.82, 2.24) is 9.29 Å². The van der Waals surface area contributed by atoms with Gasteiger partial charge in [0.1, 0.15) is 0 Å². The molecule has 0 aliphatic rings. The quantitative estimate of drug-likeness (QED) is 0.694. The zero-order valence-electron chi connectivity index (χ0n) is 14.1. The zero-order chi connectivity index (χ0) is 18.9. The fraction of sp³-hybridized carbons (Fsp3) is 0.176. The number of fused-ring (bicyclic) bond motifs is 1. The molecular weight excluding hydrogens is 394 g/mol. The van der Waals surface area contributed by atoms with Gasteiger partial charge in [0.25, 0.3) is 5.91 Å². The lowest BCUT2D eigenvalue weighted by molar-refractivity contribution is 0.102. The van der Waals surface area contributed by atoms with E-state index >= 15 is 0 Å². The molecule has 2 aromatic carbocycles. The third-order valence-electron chi connectivity index (χ3n) is 3.84. The summed E-state index contributed by atoms with van der Waals surface area (Å²) in [6, 6.07) is 11.2. The molecule has 0 unspecified atom stereocenters. The number of anilines is 1. The van der Waals surface area contributed by atoms with Gasteiger partial charge in [-0.1, -0.05) is 29.9 Å². The smallest absolute Gasteiger partial charge is 0.257 e. The van der Waals surface area contributed by atoms with Crippen molar-refractivity contribution >= 4 is 54.2 Å². The molecule has 6 nitrogen and oxygen atoms in total. The molecule has 0 atom stereocenters. The number of aromatic nitrogens is 1. The minimum absolute atomic E-state index is 0.202. The number of sulfonamides is 1. The SMILES string of the molecule is CCN(C)S(=O)(=O)c1ccc2nc(NC(=O)c3ccc(Cl)cc3)sc2c1. The second-order valence-corrected chi connectivity index (χ2v) is 9.04. The van der Waals surface area contributed by atoms with Gasteiger partial charge in [0, 0.05) is 24.2 Å². The number of hydrogen-bond acceptors (Lipinski definition) is 5. The summed E-state index contributed by atoms with van der Waals surface area (Å²) in [4.78, 5) is 16.8. The van der Waals surface area contributed by atoms with E-state index in [-0.39, 0.29) is 10.8 Å². The highest BCUT2D eigenvalue weighted by Gasteiger charge is 2.20. The molecule has 9 heteroatoms. The highest BCUT2D eigenvalue weighted by molar-refractivity contribution is 7.89. The normalized spacial score (nSPS) is 11.8. The molecule has 0 radical (unpaired) electrons. The van der Waals surface area contributed by atoms with E-state index < -0.39 is 10.0 Å². The Balaban J connectivity index is 1.88. The van der Waals surface area contributed by atoms with Crippen LogP contribution in [0.2, 0.25) is 5.02 Å². The van der Waals surface area contributed by atoms with Crippen LogP contribution in [-0.4, -0.2) is 37.2 Å². The summed E-state index contributed by atoms with van der Waals surface area (Å²) in [6.45, 7) is 2.15. The first kappa shape index (κ1) is 18.8. The number of carbonyl (C=O) groups is 1. The van der Waals surface area contributed by atoms with Crippen LogP contribution in [0, 0.1) is 0 Å². The molecular formula is C17H16ClN3O3S2. The summed E-state index contributed by atoms with van der Waals surface area (Å²) < 4.78 is 26.8. The molecule has 0 saturated carbocycles. The molecule has 1 aromatic heterocycles. The maximum Gasteiger partial charge on any atom is 0.257 e. The molecule has 1 heterocycles. The van der Waals surface area contributed by atoms with E-state index in [2.05, 4.69) is 10.3 Å². The van der Waals surface area contributed by atoms with Crippen molar-refractivity contribution in [1.29, 1.82) is 0 Å². The highest BCUT2D eigenvalue weighted by Crippen LogP contribution is 2.29. The van der Waals surface area contributed by atoms with E-state index in [0.717, 1.165) is 0 Å². The maximum absolute atomic E-state index is 12.4. The van der Waals surface area contributed by atoms with Crippen molar-refractivity contribution < 1.29 is 13.2 Å². The number of nitrogens with zero attached hydrogens (tertiary/aromatic N) is 2. The van der Waals surface area contributed by atoms with Crippen LogP contribution in [0.5, 0.6) is 0 Å². The van der Waals surface area contributed by atoms with Crippen molar-refractivity contribution in [2.75, 3.05) is 18.9 Å². The van der Waals surface area contributed by atoms with Crippen LogP contribution in [0.3, 0.4) is 0 Å². The lowest BCUT2D eigenvalue weighted by atomic mass is 10.2. The molecule has 136 valence electrons. The van der Waals surface area contributed by atoms with Crippen LogP contribution in [0.4, 0.5) is 5.13 Å². The van der Waals surface area contributed by atoms with Crippen LogP contribution in [0.15, 0.2) is 47.4 Å². The standard InChI is InChI=1S/C17H16ClN3O3S2/c1-3-21(2)26(23,24)13-8-9-14-15(10-13)25-17(19-14)20-16(22)11-4-6-12(18)7-5-11/h4-10H,3H2,1-2H3,(H,19,20,22). The topological polar surface area (TPSA) is 79.4 Å². The predicted octanol–water partition coefficient (Wildman–Crippen LogP) is 3.84. The first-order chi connectivity index (χ1) is 12.3. The van der Waals surface area contributed by atoms with Gasteiger partial charge in [-0.25, -0.2) is 17.7 Å². The number of halogens is 1. The number of benzene rings is 2. The average Bonchev–Trinajstić information content (AvgIpc) is 3.02. The first-order valence-electron chi connectivity index (χ1n) is 7.75. The molecule has 0 saturated heterocycles. The summed E-state index contributed by atoms with van der Waals surface area (Å²) in [7, 11) is -2.00. The predicted molar refractivity (Wildman–Crippen MR) is 105 cm³/mol. The molecule has 3 rings (SSSR count). The Morgan fingerprint density at radius 3 is 2.58 bits per heavy atom. The maximum atomic E-state index is 12.4. The fourth-order valence-electron chi connectivity index (χ4n) is 2.24. The Morgan fingerprint density at radius 2 is 1.92 bits per heavy atom. The van der Waals surface area contributed by atoms with Crippen LogP contribution >= 0.6 is 22.9 Å². The summed E-state index contributed by atoms with van der Waals surface area (Å²) in [5.41, 5.74) is 1.08. The molecule has 3 aromatic rings. The minimum Gasteiger partial charge on any atom is -0.298 e. The van der Waals surface area contributed by atoms with Crippen LogP contribution < -0.4 is 5.32 Å². The van der Waals surface area contributed by atoms with Gasteiger partial charge in [0.05, 0.1) is 15.1 Å². The number of hydrogen-bond donors (Lipinski definition) is 1. The minimum atomic E-state index is -3.53. The summed E-state index contributed by atoms with van der Waals surface area (Å²) >= 11 is 7.04. The van der Waals surface area contributed by atoms with Crippen molar-refractivity contribution in [3.63, 3.8) is 0 Å². The molecule has 0 aliphatic heterocycles. The van der Waals surface area contributed by atoms with Gasteiger partial charge in [0.15, 0.2) is 5.13 Å². The second kappa shape index (κ2) is 7.32. The second-order valence-electron chi connectivity index (χ2n) is 5.53. The van der Waals surface area contributed by atoms with Gasteiger partial charge in [-0.2, -0.15) is 0 Å². The van der Waals surface area contributed by atoms with Crippen LogP contribution in [0.1, 0.15) is 17.3 Å². The fourth-order valence-corrected chi connectivity index (χ4v) is 4.55. The lowest BCUT2D eigenvalue weighted by Gasteiger charge is -2.14. The van der Waals surface area contributed by atoms with Crippen molar-refractivity contribution in [3.05, 3.63) is 53.1 Å². The van der Waals surface area contributed by atoms with E-state index in [4.69, 9.17) is 11.6 Å². The van der Waals surface area contributed by atoms with E-state index in [1.165, 1.54) is 28.8 Å². The highest BCUT2D eigenvalue weighted by atomic mass is 35.5. The van der Waals surface area contributed by atoms with Gasteiger partial charge in [-0.05, 0) is 42.5 Å². The Morgan fingerprint density at radius 1 is 1.23 bits per heavy atom. The Hall–Kier alpha value is -2.00. The largest absolute Gasteiger partial charge is 0.298 e. The molecule has 0 spiro atoms. The number of thiazole rings is 1. The van der Waals surface area contributed by atoms with Crippen molar-refractivity contribution in [2.24, 2.45) is 0 Å². The number of nitrogens with one attached hydrogen (secondary N) is 1. The molecule has 26 heavy (non-hydrogen) atoms. The molecule has 1 amide bonds. The Labute approximate surface area is 160 Å². The van der Waals surface area contributed by atoms with Gasteiger partial charge in [0.2, 0.25) is 10.0 Å². The van der Waals surface area contributed by atoms with Gasteiger partial charge in [-0.3, -0.25) is 10.1 Å². The Bertz CT molecular complexity index is 1060. The van der Waals surface area contributed by atoms with Crippen molar-refractivity contribution in [3.8, 4) is 0 Å². The lowest BCUT2D eigenvalue weighted by Crippen LogP contribution is -2.26. The van der Waals surface area contributed by atoms with Crippen LogP contribution in [-0.2, 0) is 10.0 Å². The van der Waals surface area contributed by atoms with Gasteiger partial charge in [-0.15, -0.1) is 0 Å². The molecule has 0 fully saturated rings. The van der Waals surface area contributed by atoms with E-state index in [0.29, 0.717) is 32.5 Å². The molecule has 1 N–H and O–H groups in total. The van der Waals surface area contributed by atoms with E-state index in [9.17, 15) is 13.2 Å². The Kier molecular flexibility index (Phi) is 5.29. The third-order valence-corrected chi connectivity index (χ3v) is 6.95. The summed E-state index contributed by atoms with van der Waals surface area (Å²) in [5.74, 6) is -0.306. The van der Waals surface area contributed by atoms with Crippen LogP contribution in [0.25, 0.3) is 10.2 Å². The van der Waals surface area contributed by atoms with Gasteiger partial charge < -0.3 is 0 Å². The van der Waals surface area contributed by atoms with E-state index in [1.54, 1.807) is 43.3 Å². The number of carbonyl (C=O) groups excluding carboxylic acids is 1. The number of rotatable bonds is 5. The van der Waals surface area contributed by atoms with Crippen molar-refractivity contribution in [2.45, 2.75) is 11.8 Å². The molecule has 0 bridgehead atoms. The van der Waals surface area contributed by atoms with Gasteiger partial charge >= 0.3 is 0 Å². The number of amides is 1. The zero-order valence-corrected chi connectivity index (χ0v) is 16.5. The summed E-state index contributed by atoms with van der Waals surface area (Å²) in [6.07, 6.45) is 0.